The summed E-state index contributed by atoms with van der Waals surface area (Å²) in [5.74, 6) is -0.0210. The third kappa shape index (κ3) is 4.37. The number of hydrogen-bond acceptors (Lipinski definition) is 6. The highest BCUT2D eigenvalue weighted by Crippen LogP contribution is 2.31. The summed E-state index contributed by atoms with van der Waals surface area (Å²) >= 11 is 0. The summed E-state index contributed by atoms with van der Waals surface area (Å²) in [5, 5.41) is 18.6. The van der Waals surface area contributed by atoms with Crippen molar-refractivity contribution >= 4 is 32.4 Å². The van der Waals surface area contributed by atoms with E-state index in [9.17, 15) is 13.2 Å². The Bertz CT molecular complexity index is 1720. The molecule has 1 atom stereocenters. The predicted molar refractivity (Wildman–Crippen MR) is 139 cm³/mol. The van der Waals surface area contributed by atoms with Crippen LogP contribution in [-0.4, -0.2) is 45.3 Å². The van der Waals surface area contributed by atoms with Gasteiger partial charge in [-0.3, -0.25) is 4.79 Å². The van der Waals surface area contributed by atoms with Crippen LogP contribution in [0, 0.1) is 0 Å². The van der Waals surface area contributed by atoms with Gasteiger partial charge in [-0.1, -0.05) is 66.7 Å². The molecule has 2 N–H and O–H groups in total. The number of carbonyl (C=O) groups is 1. The molecule has 0 bridgehead atoms. The van der Waals surface area contributed by atoms with Crippen LogP contribution in [0.5, 0.6) is 0 Å². The van der Waals surface area contributed by atoms with Crippen LogP contribution in [0.2, 0.25) is 0 Å². The number of nitrogens with zero attached hydrogens (tertiary/aromatic N) is 4. The summed E-state index contributed by atoms with van der Waals surface area (Å²) in [6.45, 7) is 0.103. The van der Waals surface area contributed by atoms with E-state index in [0.29, 0.717) is 17.1 Å². The first-order chi connectivity index (χ1) is 18.0. The fourth-order valence-corrected chi connectivity index (χ4v) is 6.29. The van der Waals surface area contributed by atoms with Crippen LogP contribution in [0.15, 0.2) is 95.9 Å². The molecule has 10 heteroatoms. The first kappa shape index (κ1) is 23.0. The van der Waals surface area contributed by atoms with Crippen molar-refractivity contribution in [3.8, 4) is 11.4 Å². The minimum Gasteiger partial charge on any atom is -0.325 e. The summed E-state index contributed by atoms with van der Waals surface area (Å²) in [4.78, 5) is 13.8. The number of aromatic nitrogens is 4. The van der Waals surface area contributed by atoms with Crippen molar-refractivity contribution in [3.63, 3.8) is 0 Å². The molecule has 4 aromatic carbocycles. The van der Waals surface area contributed by atoms with Gasteiger partial charge >= 0.3 is 0 Å². The second-order valence-corrected chi connectivity index (χ2v) is 10.7. The molecule has 0 saturated heterocycles. The average molecular weight is 511 g/mol. The molecule has 0 saturated carbocycles. The fraction of sp³-hybridized carbons (Fsp3) is 0.111. The zero-order valence-electron chi connectivity index (χ0n) is 19.6. The van der Waals surface area contributed by atoms with E-state index in [4.69, 9.17) is 0 Å². The highest BCUT2D eigenvalue weighted by Gasteiger charge is 2.39. The molecular weight excluding hydrogens is 488 g/mol. The number of nitrogens with one attached hydrogen (secondary N) is 2. The monoisotopic (exact) mass is 510 g/mol. The van der Waals surface area contributed by atoms with E-state index < -0.39 is 22.0 Å². The number of rotatable bonds is 5. The van der Waals surface area contributed by atoms with Crippen molar-refractivity contribution in [2.24, 2.45) is 0 Å². The Hall–Kier alpha value is -4.41. The lowest BCUT2D eigenvalue weighted by Crippen LogP contribution is -2.50. The van der Waals surface area contributed by atoms with Gasteiger partial charge in [0, 0.05) is 17.8 Å². The lowest BCUT2D eigenvalue weighted by atomic mass is 9.95. The average Bonchev–Trinajstić information content (AvgIpc) is 3.47. The van der Waals surface area contributed by atoms with Gasteiger partial charge in [-0.25, -0.2) is 8.42 Å². The molecule has 6 rings (SSSR count). The van der Waals surface area contributed by atoms with Gasteiger partial charge in [0.2, 0.25) is 21.8 Å². The van der Waals surface area contributed by atoms with E-state index in [0.717, 1.165) is 21.9 Å². The number of anilines is 1. The molecule has 1 aliphatic rings. The number of aromatic amines is 1. The highest BCUT2D eigenvalue weighted by molar-refractivity contribution is 7.89. The Kier molecular flexibility index (Phi) is 5.74. The highest BCUT2D eigenvalue weighted by atomic mass is 32.2. The van der Waals surface area contributed by atoms with Gasteiger partial charge in [-0.15, -0.1) is 10.2 Å². The zero-order chi connectivity index (χ0) is 25.4. The molecule has 0 spiro atoms. The molecule has 1 aromatic heterocycles. The van der Waals surface area contributed by atoms with Crippen molar-refractivity contribution in [2.75, 3.05) is 5.32 Å². The van der Waals surface area contributed by atoms with Gasteiger partial charge in [0.1, 0.15) is 6.04 Å². The molecule has 9 nitrogen and oxygen atoms in total. The molecule has 0 radical (unpaired) electrons. The number of fused-ring (bicyclic) bond motifs is 2. The second kappa shape index (κ2) is 9.23. The molecule has 5 aromatic rings. The lowest BCUT2D eigenvalue weighted by Gasteiger charge is -2.35. The van der Waals surface area contributed by atoms with Gasteiger partial charge in [0.25, 0.3) is 0 Å². The Morgan fingerprint density at radius 2 is 1.68 bits per heavy atom. The van der Waals surface area contributed by atoms with Crippen LogP contribution in [0.1, 0.15) is 11.1 Å². The smallest absolute Gasteiger partial charge is 0.244 e. The molecule has 0 aliphatic carbocycles. The van der Waals surface area contributed by atoms with Gasteiger partial charge in [0.15, 0.2) is 0 Å². The number of H-pyrrole nitrogens is 1. The van der Waals surface area contributed by atoms with Gasteiger partial charge in [0.05, 0.1) is 4.90 Å². The van der Waals surface area contributed by atoms with Crippen molar-refractivity contribution in [1.29, 1.82) is 0 Å². The van der Waals surface area contributed by atoms with E-state index in [1.165, 1.54) is 4.31 Å². The topological polar surface area (TPSA) is 121 Å². The first-order valence-electron chi connectivity index (χ1n) is 11.7. The van der Waals surface area contributed by atoms with Crippen molar-refractivity contribution in [1.82, 2.24) is 24.9 Å². The van der Waals surface area contributed by atoms with Crippen molar-refractivity contribution in [2.45, 2.75) is 23.9 Å². The third-order valence-corrected chi connectivity index (χ3v) is 8.42. The van der Waals surface area contributed by atoms with Gasteiger partial charge in [-0.2, -0.15) is 9.52 Å². The molecule has 184 valence electrons. The first-order valence-corrected chi connectivity index (χ1v) is 13.2. The summed E-state index contributed by atoms with van der Waals surface area (Å²) in [5.41, 5.74) is 3.01. The number of amides is 1. The largest absolute Gasteiger partial charge is 0.325 e. The molecule has 1 amide bonds. The van der Waals surface area contributed by atoms with Crippen LogP contribution < -0.4 is 5.32 Å². The van der Waals surface area contributed by atoms with Crippen molar-refractivity contribution in [3.05, 3.63) is 102 Å². The third-order valence-electron chi connectivity index (χ3n) is 6.57. The second-order valence-electron chi connectivity index (χ2n) is 8.85. The van der Waals surface area contributed by atoms with E-state index in [1.54, 1.807) is 42.5 Å². The molecule has 1 unspecified atom stereocenters. The standard InChI is InChI=1S/C27H22N6O3S/c34-27(28-23-11-5-10-21(14-23)26-29-31-32-30-26)25-16-20-8-3-4-9-22(20)17-33(25)37(35,36)24-13-12-18-6-1-2-7-19(18)15-24/h1-15,25H,16-17H2,(H,28,34)(H,29,30,31,32). The molecule has 0 fully saturated rings. The number of tetrazole rings is 1. The molecule has 1 aliphatic heterocycles. The summed E-state index contributed by atoms with van der Waals surface area (Å²) < 4.78 is 29.2. The normalized spacial score (nSPS) is 15.8. The minimum atomic E-state index is -3.99. The minimum absolute atomic E-state index is 0.103. The zero-order valence-corrected chi connectivity index (χ0v) is 20.4. The Labute approximate surface area is 213 Å². The molecule has 37 heavy (non-hydrogen) atoms. The summed E-state index contributed by atoms with van der Waals surface area (Å²) in [6.07, 6.45) is 0.263. The fourth-order valence-electron chi connectivity index (χ4n) is 4.68. The maximum Gasteiger partial charge on any atom is 0.244 e. The maximum absolute atomic E-state index is 13.9. The SMILES string of the molecule is O=C(Nc1cccc(-c2nn[nH]n2)c1)C1Cc2ccccc2CN1S(=O)(=O)c1ccc2ccccc2c1. The van der Waals surface area contributed by atoms with E-state index in [2.05, 4.69) is 25.9 Å². The van der Waals surface area contributed by atoms with E-state index in [-0.39, 0.29) is 17.9 Å². The van der Waals surface area contributed by atoms with Gasteiger partial charge < -0.3 is 5.32 Å². The van der Waals surface area contributed by atoms with E-state index in [1.807, 2.05) is 48.5 Å². The van der Waals surface area contributed by atoms with E-state index >= 15 is 0 Å². The summed E-state index contributed by atoms with van der Waals surface area (Å²) in [6, 6.07) is 26.3. The van der Waals surface area contributed by atoms with Crippen LogP contribution in [0.3, 0.4) is 0 Å². The van der Waals surface area contributed by atoms with Crippen LogP contribution >= 0.6 is 0 Å². The van der Waals surface area contributed by atoms with Crippen LogP contribution in [0.4, 0.5) is 5.69 Å². The predicted octanol–water partition coefficient (Wildman–Crippen LogP) is 3.77. The Balaban J connectivity index is 1.36. The van der Waals surface area contributed by atoms with Crippen LogP contribution in [-0.2, 0) is 27.8 Å². The number of benzene rings is 4. The quantitative estimate of drug-likeness (QED) is 0.371. The van der Waals surface area contributed by atoms with Gasteiger partial charge in [-0.05, 0) is 57.8 Å². The number of sulfonamides is 1. The van der Waals surface area contributed by atoms with Crippen LogP contribution in [0.25, 0.3) is 22.2 Å². The number of hydrogen-bond donors (Lipinski definition) is 2. The Morgan fingerprint density at radius 3 is 2.49 bits per heavy atom. The summed E-state index contributed by atoms with van der Waals surface area (Å²) in [7, 11) is -3.99. The lowest BCUT2D eigenvalue weighted by molar-refractivity contribution is -0.120. The Morgan fingerprint density at radius 1 is 0.892 bits per heavy atom. The molecular formula is C27H22N6O3S. The maximum atomic E-state index is 13.9. The van der Waals surface area contributed by atoms with Crippen molar-refractivity contribution < 1.29 is 13.2 Å². The molecule has 2 heterocycles. The number of carbonyl (C=O) groups excluding carboxylic acids is 1.